The first-order valence-electron chi connectivity index (χ1n) is 8.18. The third kappa shape index (κ3) is 5.52. The fraction of sp³-hybridized carbons (Fsp3) is 0.353. The van der Waals surface area contributed by atoms with E-state index in [-0.39, 0.29) is 12.0 Å². The molecule has 1 aromatic rings. The van der Waals surface area contributed by atoms with Crippen molar-refractivity contribution in [3.05, 3.63) is 40.4 Å². The number of anilines is 1. The molecular formula is C17H21BrN4O5. The van der Waals surface area contributed by atoms with Gasteiger partial charge in [-0.25, -0.2) is 4.79 Å². The minimum absolute atomic E-state index is 0.123. The zero-order valence-electron chi connectivity index (χ0n) is 14.5. The second kappa shape index (κ2) is 8.98. The molecule has 0 saturated heterocycles. The van der Waals surface area contributed by atoms with Crippen molar-refractivity contribution < 1.29 is 24.6 Å². The minimum atomic E-state index is -1.29. The molecule has 1 aliphatic rings. The summed E-state index contributed by atoms with van der Waals surface area (Å²) >= 11 is 3.30. The van der Waals surface area contributed by atoms with Gasteiger partial charge in [-0.15, -0.1) is 0 Å². The Kier molecular flexibility index (Phi) is 6.94. The molecule has 27 heavy (non-hydrogen) atoms. The van der Waals surface area contributed by atoms with Gasteiger partial charge in [-0.05, 0) is 35.0 Å². The number of primary amides is 1. The van der Waals surface area contributed by atoms with Crippen molar-refractivity contribution in [3.8, 4) is 0 Å². The molecule has 0 radical (unpaired) electrons. The number of carbonyl (C=O) groups excluding carboxylic acids is 3. The van der Waals surface area contributed by atoms with Gasteiger partial charge in [0.05, 0.1) is 17.8 Å². The molecule has 0 saturated carbocycles. The zero-order valence-corrected chi connectivity index (χ0v) is 16.1. The average Bonchev–Trinajstić information content (AvgIpc) is 2.60. The van der Waals surface area contributed by atoms with Crippen molar-refractivity contribution in [3.63, 3.8) is 0 Å². The number of aliphatic hydroxyl groups is 2. The Bertz CT molecular complexity index is 769. The van der Waals surface area contributed by atoms with Crippen LogP contribution in [0.15, 0.2) is 40.4 Å². The molecule has 0 spiro atoms. The van der Waals surface area contributed by atoms with Crippen LogP contribution in [-0.2, 0) is 9.59 Å². The molecule has 0 aliphatic heterocycles. The third-order valence-corrected chi connectivity index (χ3v) is 4.75. The molecule has 9 nitrogen and oxygen atoms in total. The summed E-state index contributed by atoms with van der Waals surface area (Å²) in [5.41, 5.74) is 5.75. The van der Waals surface area contributed by atoms with Gasteiger partial charge in [0.1, 0.15) is 12.1 Å². The second-order valence-electron chi connectivity index (χ2n) is 6.16. The van der Waals surface area contributed by atoms with Gasteiger partial charge in [0.25, 0.3) is 0 Å². The largest absolute Gasteiger partial charge is 0.390 e. The van der Waals surface area contributed by atoms with E-state index >= 15 is 0 Å². The van der Waals surface area contributed by atoms with Gasteiger partial charge in [0, 0.05) is 16.5 Å². The SMILES string of the molecule is C[C@@H](NC(=O)C1=C[C@@H](NC(=O)Nc2ccccc2Br)[C@@H](O)[C@H](O)C1)C(N)=O. The van der Waals surface area contributed by atoms with Crippen LogP contribution in [-0.4, -0.2) is 52.4 Å². The van der Waals surface area contributed by atoms with Crippen molar-refractivity contribution in [1.82, 2.24) is 10.6 Å². The van der Waals surface area contributed by atoms with E-state index < -0.39 is 42.1 Å². The van der Waals surface area contributed by atoms with E-state index in [1.165, 1.54) is 13.0 Å². The van der Waals surface area contributed by atoms with Crippen molar-refractivity contribution in [2.24, 2.45) is 5.73 Å². The molecule has 146 valence electrons. The second-order valence-corrected chi connectivity index (χ2v) is 7.01. The van der Waals surface area contributed by atoms with Gasteiger partial charge in [-0.1, -0.05) is 18.2 Å². The Morgan fingerprint density at radius 2 is 1.93 bits per heavy atom. The normalized spacial score (nSPS) is 23.0. The number of nitrogens with one attached hydrogen (secondary N) is 3. The van der Waals surface area contributed by atoms with E-state index in [1.807, 2.05) is 0 Å². The van der Waals surface area contributed by atoms with Crippen LogP contribution < -0.4 is 21.7 Å². The van der Waals surface area contributed by atoms with Gasteiger partial charge in [0.15, 0.2) is 0 Å². The molecule has 1 aliphatic carbocycles. The van der Waals surface area contributed by atoms with Crippen LogP contribution in [0.25, 0.3) is 0 Å². The van der Waals surface area contributed by atoms with Crippen molar-refractivity contribution in [2.75, 3.05) is 5.32 Å². The Morgan fingerprint density at radius 3 is 2.56 bits per heavy atom. The lowest BCUT2D eigenvalue weighted by Gasteiger charge is -2.31. The quantitative estimate of drug-likeness (QED) is 0.379. The first kappa shape index (κ1) is 20.9. The topological polar surface area (TPSA) is 154 Å². The fourth-order valence-electron chi connectivity index (χ4n) is 2.50. The first-order chi connectivity index (χ1) is 12.7. The number of rotatable bonds is 5. The lowest BCUT2D eigenvalue weighted by Crippen LogP contribution is -2.52. The summed E-state index contributed by atoms with van der Waals surface area (Å²) in [7, 11) is 0. The van der Waals surface area contributed by atoms with Gasteiger partial charge >= 0.3 is 6.03 Å². The molecular weight excluding hydrogens is 420 g/mol. The number of halogens is 1. The standard InChI is InChI=1S/C17H21BrN4O5/c1-8(15(19)25)20-16(26)9-6-12(14(24)13(23)7-9)22-17(27)21-11-5-3-2-4-10(11)18/h2-6,8,12-14,23-24H,7H2,1H3,(H2,19,25)(H,20,26)(H2,21,22,27)/t8-,12-,13-,14-/m1/s1. The number of carbonyl (C=O) groups is 3. The number of benzene rings is 1. The number of nitrogens with two attached hydrogens (primary N) is 1. The molecule has 0 heterocycles. The van der Waals surface area contributed by atoms with Gasteiger partial charge < -0.3 is 31.9 Å². The smallest absolute Gasteiger partial charge is 0.319 e. The molecule has 0 unspecified atom stereocenters. The van der Waals surface area contributed by atoms with Crippen LogP contribution in [0.1, 0.15) is 13.3 Å². The van der Waals surface area contributed by atoms with Crippen molar-refractivity contribution >= 4 is 39.5 Å². The lowest BCUT2D eigenvalue weighted by atomic mass is 9.90. The van der Waals surface area contributed by atoms with Crippen LogP contribution >= 0.6 is 15.9 Å². The summed E-state index contributed by atoms with van der Waals surface area (Å²) in [6.45, 7) is 1.43. The maximum absolute atomic E-state index is 12.2. The van der Waals surface area contributed by atoms with E-state index in [1.54, 1.807) is 24.3 Å². The molecule has 0 bridgehead atoms. The van der Waals surface area contributed by atoms with Crippen molar-refractivity contribution in [2.45, 2.75) is 37.6 Å². The highest BCUT2D eigenvalue weighted by Crippen LogP contribution is 2.22. The predicted octanol–water partition coefficient (Wildman–Crippen LogP) is -0.0189. The van der Waals surface area contributed by atoms with Crippen LogP contribution in [0, 0.1) is 0 Å². The number of para-hydroxylation sites is 1. The van der Waals surface area contributed by atoms with Gasteiger partial charge in [-0.2, -0.15) is 0 Å². The number of urea groups is 1. The Labute approximate surface area is 164 Å². The van der Waals surface area contributed by atoms with Gasteiger partial charge in [-0.3, -0.25) is 9.59 Å². The first-order valence-corrected chi connectivity index (χ1v) is 8.97. The van der Waals surface area contributed by atoms with Crippen LogP contribution in [0.4, 0.5) is 10.5 Å². The van der Waals surface area contributed by atoms with Crippen LogP contribution in [0.5, 0.6) is 0 Å². The van der Waals surface area contributed by atoms with E-state index in [2.05, 4.69) is 31.9 Å². The molecule has 4 amide bonds. The van der Waals surface area contributed by atoms with E-state index in [9.17, 15) is 24.6 Å². The number of hydrogen-bond acceptors (Lipinski definition) is 5. The Hall–Kier alpha value is -2.43. The van der Waals surface area contributed by atoms with E-state index in [0.29, 0.717) is 10.2 Å². The summed E-state index contributed by atoms with van der Waals surface area (Å²) in [5, 5.41) is 27.6. The highest BCUT2D eigenvalue weighted by atomic mass is 79.9. The average molecular weight is 441 g/mol. The third-order valence-electron chi connectivity index (χ3n) is 4.06. The summed E-state index contributed by atoms with van der Waals surface area (Å²) < 4.78 is 0.667. The summed E-state index contributed by atoms with van der Waals surface area (Å²) in [5.74, 6) is -1.31. The molecule has 0 fully saturated rings. The number of amides is 4. The van der Waals surface area contributed by atoms with Crippen LogP contribution in [0.3, 0.4) is 0 Å². The number of hydrogen-bond donors (Lipinski definition) is 6. The highest BCUT2D eigenvalue weighted by molar-refractivity contribution is 9.10. The lowest BCUT2D eigenvalue weighted by molar-refractivity contribution is -0.125. The van der Waals surface area contributed by atoms with E-state index in [0.717, 1.165) is 0 Å². The zero-order chi connectivity index (χ0) is 20.1. The molecule has 10 heteroatoms. The Morgan fingerprint density at radius 1 is 1.26 bits per heavy atom. The van der Waals surface area contributed by atoms with Gasteiger partial charge in [0.2, 0.25) is 11.8 Å². The maximum Gasteiger partial charge on any atom is 0.319 e. The van der Waals surface area contributed by atoms with Crippen LogP contribution in [0.2, 0.25) is 0 Å². The highest BCUT2D eigenvalue weighted by Gasteiger charge is 2.34. The molecule has 4 atom stereocenters. The monoisotopic (exact) mass is 440 g/mol. The fourth-order valence-corrected chi connectivity index (χ4v) is 2.88. The number of aliphatic hydroxyl groups excluding tert-OH is 2. The van der Waals surface area contributed by atoms with E-state index in [4.69, 9.17) is 5.73 Å². The maximum atomic E-state index is 12.2. The molecule has 1 aromatic carbocycles. The summed E-state index contributed by atoms with van der Waals surface area (Å²) in [6.07, 6.45) is -1.32. The van der Waals surface area contributed by atoms with Crippen molar-refractivity contribution in [1.29, 1.82) is 0 Å². The summed E-state index contributed by atoms with van der Waals surface area (Å²) in [4.78, 5) is 35.5. The predicted molar refractivity (Wildman–Crippen MR) is 102 cm³/mol. The Balaban J connectivity index is 2.09. The molecule has 7 N–H and O–H groups in total. The molecule has 0 aromatic heterocycles. The minimum Gasteiger partial charge on any atom is -0.390 e. The molecule has 2 rings (SSSR count). The summed E-state index contributed by atoms with van der Waals surface area (Å²) in [6, 6.07) is 4.43.